The molecule has 23 aromatic rings. The van der Waals surface area contributed by atoms with Gasteiger partial charge in [0.15, 0.2) is 11.2 Å². The molecule has 2 heterocycles. The summed E-state index contributed by atoms with van der Waals surface area (Å²) in [4.78, 5) is 14.6. The molecule has 0 spiro atoms. The smallest absolute Gasteiger partial charge is 0.227 e. The fourth-order valence-corrected chi connectivity index (χ4v) is 17.9. The number of hydrogen-bond donors (Lipinski definition) is 0. The van der Waals surface area contributed by atoms with E-state index >= 15 is 0 Å². The Bertz CT molecular complexity index is 7930. The summed E-state index contributed by atoms with van der Waals surface area (Å²) in [5, 5.41) is 18.7. The topological polar surface area (TPSA) is 58.5 Å². The normalized spacial score (nSPS) is 11.7. The highest BCUT2D eigenvalue weighted by atomic mass is 16.4. The summed E-state index contributed by atoms with van der Waals surface area (Å²) in [6.45, 7) is 0. The first-order chi connectivity index (χ1) is 58.4. The van der Waals surface area contributed by atoms with Crippen LogP contribution in [0.3, 0.4) is 0 Å². The molecule has 0 fully saturated rings. The maximum atomic E-state index is 6.45. The zero-order valence-corrected chi connectivity index (χ0v) is 64.0. The van der Waals surface area contributed by atoms with Crippen LogP contribution in [0.1, 0.15) is 0 Å². The van der Waals surface area contributed by atoms with E-state index in [1.165, 1.54) is 65.2 Å². The van der Waals surface area contributed by atoms with E-state index in [1.807, 2.05) is 66.7 Å². The van der Waals surface area contributed by atoms with E-state index in [9.17, 15) is 0 Å². The maximum absolute atomic E-state index is 6.45. The Hall–Kier alpha value is -15.8. The quantitative estimate of drug-likeness (QED) is 0.101. The third-order valence-corrected chi connectivity index (χ3v) is 23.8. The van der Waals surface area contributed by atoms with Crippen molar-refractivity contribution >= 4 is 143 Å². The molecule has 23 rings (SSSR count). The summed E-state index contributed by atoms with van der Waals surface area (Å²) >= 11 is 0. The SMILES string of the molecule is c1ccc(-c2cccc(N(c3ccc(-c4cc5ccc(-c6cccc(N(c7ccc(-c8cc9ccccc9c9ccccc89)cc7)c7ccc8cc(-c9ccc%10c(ccc%11oc(-c%12ccccc%12)nc%11%10)c9)ccc8c7)c6)cc5c5ccccc45)cc3)c3ccc4ccc(-c5ccc6c(ccc7nc(-c8ccccc8)oc76)c5)cc4c3)c2)cc1. The molecule has 0 unspecified atom stereocenters. The van der Waals surface area contributed by atoms with E-state index in [0.717, 1.165) is 155 Å². The molecule has 550 valence electrons. The van der Waals surface area contributed by atoms with Crippen molar-refractivity contribution in [3.05, 3.63) is 425 Å². The summed E-state index contributed by atoms with van der Waals surface area (Å²) < 4.78 is 12.7. The largest absolute Gasteiger partial charge is 0.436 e. The Morgan fingerprint density at radius 2 is 0.559 bits per heavy atom. The first kappa shape index (κ1) is 67.9. The van der Waals surface area contributed by atoms with Crippen LogP contribution >= 0.6 is 0 Å². The molecule has 0 saturated heterocycles. The van der Waals surface area contributed by atoms with Crippen molar-refractivity contribution < 1.29 is 8.83 Å². The molecule has 0 amide bonds. The van der Waals surface area contributed by atoms with Crippen LogP contribution in [0.15, 0.2) is 433 Å². The van der Waals surface area contributed by atoms with Gasteiger partial charge in [-0.25, -0.2) is 9.97 Å². The summed E-state index contributed by atoms with van der Waals surface area (Å²) in [7, 11) is 0. The summed E-state index contributed by atoms with van der Waals surface area (Å²) in [5.41, 5.74) is 25.4. The Kier molecular flexibility index (Phi) is 16.2. The van der Waals surface area contributed by atoms with Crippen LogP contribution in [0, 0.1) is 0 Å². The molecule has 0 bridgehead atoms. The van der Waals surface area contributed by atoms with E-state index in [1.54, 1.807) is 0 Å². The lowest BCUT2D eigenvalue weighted by molar-refractivity contribution is 0.620. The maximum Gasteiger partial charge on any atom is 0.227 e. The Morgan fingerprint density at radius 1 is 0.178 bits per heavy atom. The fraction of sp³-hybridized carbons (Fsp3) is 0. The molecule has 0 aliphatic rings. The third-order valence-electron chi connectivity index (χ3n) is 23.8. The summed E-state index contributed by atoms with van der Waals surface area (Å²) in [6.07, 6.45) is 0. The molecule has 0 radical (unpaired) electrons. The van der Waals surface area contributed by atoms with E-state index in [4.69, 9.17) is 18.8 Å². The van der Waals surface area contributed by atoms with Crippen molar-refractivity contribution in [2.45, 2.75) is 0 Å². The lowest BCUT2D eigenvalue weighted by atomic mass is 9.91. The lowest BCUT2D eigenvalue weighted by Crippen LogP contribution is -2.10. The van der Waals surface area contributed by atoms with E-state index in [2.05, 4.69) is 368 Å². The highest BCUT2D eigenvalue weighted by molar-refractivity contribution is 6.16. The van der Waals surface area contributed by atoms with Gasteiger partial charge in [0.05, 0.1) is 0 Å². The number of oxazole rings is 2. The number of fused-ring (bicyclic) bond motifs is 14. The van der Waals surface area contributed by atoms with Crippen LogP contribution in [0.4, 0.5) is 34.1 Å². The number of nitrogens with zero attached hydrogens (tertiary/aromatic N) is 4. The van der Waals surface area contributed by atoms with Crippen molar-refractivity contribution in [3.63, 3.8) is 0 Å². The van der Waals surface area contributed by atoms with Crippen molar-refractivity contribution in [3.8, 4) is 89.7 Å². The van der Waals surface area contributed by atoms with Gasteiger partial charge in [-0.15, -0.1) is 0 Å². The molecular weight excluding hydrogens is 1430 g/mol. The Labute approximate surface area is 680 Å². The number of aromatic nitrogens is 2. The van der Waals surface area contributed by atoms with Gasteiger partial charge in [-0.2, -0.15) is 0 Å². The Balaban J connectivity index is 0.582. The molecule has 0 aliphatic carbocycles. The second-order valence-corrected chi connectivity index (χ2v) is 30.8. The number of benzene rings is 21. The van der Waals surface area contributed by atoms with Gasteiger partial charge in [-0.3, -0.25) is 0 Å². The Morgan fingerprint density at radius 3 is 1.19 bits per heavy atom. The molecule has 2 aromatic heterocycles. The predicted octanol–water partition coefficient (Wildman–Crippen LogP) is 31.5. The number of rotatable bonds is 14. The molecule has 0 aliphatic heterocycles. The van der Waals surface area contributed by atoms with Gasteiger partial charge in [0.25, 0.3) is 0 Å². The van der Waals surface area contributed by atoms with Gasteiger partial charge in [-0.05, 0) is 300 Å². The van der Waals surface area contributed by atoms with Gasteiger partial charge < -0.3 is 18.6 Å². The molecule has 0 N–H and O–H groups in total. The average molecular weight is 1500 g/mol. The van der Waals surface area contributed by atoms with E-state index in [0.29, 0.717) is 11.8 Å². The van der Waals surface area contributed by atoms with Gasteiger partial charge in [-0.1, -0.05) is 267 Å². The molecule has 0 atom stereocenters. The van der Waals surface area contributed by atoms with E-state index < -0.39 is 0 Å². The molecule has 6 nitrogen and oxygen atoms in total. The average Bonchev–Trinajstić information content (AvgIpc) is 0.881. The van der Waals surface area contributed by atoms with Crippen molar-refractivity contribution in [2.24, 2.45) is 0 Å². The van der Waals surface area contributed by atoms with E-state index in [-0.39, 0.29) is 0 Å². The van der Waals surface area contributed by atoms with Crippen LogP contribution in [-0.2, 0) is 0 Å². The number of hydrogen-bond acceptors (Lipinski definition) is 6. The van der Waals surface area contributed by atoms with Gasteiger partial charge in [0, 0.05) is 56.0 Å². The van der Waals surface area contributed by atoms with Crippen LogP contribution in [0.5, 0.6) is 0 Å². The molecule has 0 saturated carbocycles. The van der Waals surface area contributed by atoms with Crippen molar-refractivity contribution in [2.75, 3.05) is 9.80 Å². The van der Waals surface area contributed by atoms with Crippen LogP contribution in [0.2, 0.25) is 0 Å². The zero-order chi connectivity index (χ0) is 77.7. The molecule has 21 aromatic carbocycles. The van der Waals surface area contributed by atoms with Gasteiger partial charge >= 0.3 is 0 Å². The summed E-state index contributed by atoms with van der Waals surface area (Å²) in [5.74, 6) is 1.25. The fourth-order valence-electron chi connectivity index (χ4n) is 17.9. The second kappa shape index (κ2) is 28.1. The molecule has 6 heteroatoms. The predicted molar refractivity (Wildman–Crippen MR) is 494 cm³/mol. The van der Waals surface area contributed by atoms with Crippen LogP contribution < -0.4 is 9.80 Å². The zero-order valence-electron chi connectivity index (χ0n) is 64.0. The first-order valence-corrected chi connectivity index (χ1v) is 40.2. The molecular formula is C112H70N4O2. The monoisotopic (exact) mass is 1500 g/mol. The minimum atomic E-state index is 0.625. The minimum absolute atomic E-state index is 0.625. The second-order valence-electron chi connectivity index (χ2n) is 30.8. The van der Waals surface area contributed by atoms with Gasteiger partial charge in [0.1, 0.15) is 11.0 Å². The highest BCUT2D eigenvalue weighted by Gasteiger charge is 2.22. The van der Waals surface area contributed by atoms with Crippen LogP contribution in [-0.4, -0.2) is 9.97 Å². The summed E-state index contributed by atoms with van der Waals surface area (Å²) in [6, 6.07) is 154. The highest BCUT2D eigenvalue weighted by Crippen LogP contribution is 2.47. The standard InChI is InChI=1S/C112H70N4O2/c1-4-18-71(19-5-1)77-25-16-27-93(64-77)116(96-54-40-72-34-35-80(63-90(72)67-96)83-47-57-99-88(62-83)48-58-107-110(99)118-111(113-107)75-20-6-2-7-21-75)92-52-43-74(44-53-92)105-70-89-39-38-85(68-106(89)103-33-15-14-32-102(103)105)78-26-17-28-94(65-78)115(91-50-41-73(42-51-91)104-69-86-24-10-11-29-97(86)100-30-12-13-31-101(100)104)95-55-45-81-60-79(36-37-84(81)66-95)82-46-56-98-87(61-82)49-59-108-109(98)114-112(117-108)76-22-8-3-9-23-76/h1-70H. The van der Waals surface area contributed by atoms with Gasteiger partial charge in [0.2, 0.25) is 11.8 Å². The third kappa shape index (κ3) is 12.0. The number of anilines is 6. The first-order valence-electron chi connectivity index (χ1n) is 40.2. The van der Waals surface area contributed by atoms with Crippen molar-refractivity contribution in [1.29, 1.82) is 0 Å². The molecule has 118 heavy (non-hydrogen) atoms. The van der Waals surface area contributed by atoms with Crippen LogP contribution in [0.25, 0.3) is 198 Å². The minimum Gasteiger partial charge on any atom is -0.436 e. The lowest BCUT2D eigenvalue weighted by Gasteiger charge is -2.27. The van der Waals surface area contributed by atoms with Crippen molar-refractivity contribution in [1.82, 2.24) is 9.97 Å².